The molecular formula is C13H22N2O5S. The Morgan fingerprint density at radius 2 is 2.19 bits per heavy atom. The molecule has 0 saturated carbocycles. The minimum Gasteiger partial charge on any atom is -0.480 e. The molecule has 1 fully saturated rings. The molecule has 8 heteroatoms. The number of carboxylic acid groups (broad SMARTS) is 1. The van der Waals surface area contributed by atoms with Crippen LogP contribution in [0.15, 0.2) is 0 Å². The minimum absolute atomic E-state index is 0.0214. The van der Waals surface area contributed by atoms with Gasteiger partial charge in [0.25, 0.3) is 0 Å². The van der Waals surface area contributed by atoms with Crippen molar-refractivity contribution in [2.75, 3.05) is 26.0 Å². The highest BCUT2D eigenvalue weighted by atomic mass is 32.2. The van der Waals surface area contributed by atoms with Gasteiger partial charge in [0.2, 0.25) is 0 Å². The summed E-state index contributed by atoms with van der Waals surface area (Å²) in [5.74, 6) is -0.784. The third-order valence-corrected chi connectivity index (χ3v) is 4.71. The summed E-state index contributed by atoms with van der Waals surface area (Å²) in [6, 6.07) is -1.46. The van der Waals surface area contributed by atoms with Crippen molar-refractivity contribution in [2.24, 2.45) is 0 Å². The van der Waals surface area contributed by atoms with Crippen molar-refractivity contribution in [2.45, 2.75) is 37.5 Å². The first-order chi connectivity index (χ1) is 9.97. The van der Waals surface area contributed by atoms with Crippen LogP contribution in [0.1, 0.15) is 26.2 Å². The number of hydrogen-bond acceptors (Lipinski definition) is 5. The Kier molecular flexibility index (Phi) is 7.35. The predicted molar refractivity (Wildman–Crippen MR) is 79.3 cm³/mol. The molecule has 2 amide bonds. The molecule has 0 bridgehead atoms. The number of methoxy groups -OCH3 is 1. The number of aliphatic carboxylic acids is 1. The van der Waals surface area contributed by atoms with E-state index in [1.54, 1.807) is 4.90 Å². The van der Waals surface area contributed by atoms with Gasteiger partial charge in [-0.15, -0.1) is 0 Å². The van der Waals surface area contributed by atoms with E-state index < -0.39 is 18.0 Å². The molecule has 1 heterocycles. The number of rotatable bonds is 6. The first-order valence-corrected chi connectivity index (χ1v) is 7.99. The zero-order valence-electron chi connectivity index (χ0n) is 12.3. The molecule has 1 aliphatic heterocycles. The molecule has 0 aromatic rings. The van der Waals surface area contributed by atoms with Gasteiger partial charge in [-0.25, -0.2) is 9.59 Å². The van der Waals surface area contributed by atoms with Gasteiger partial charge in [0, 0.05) is 30.5 Å². The summed E-state index contributed by atoms with van der Waals surface area (Å²) < 4.78 is 4.47. The Bertz CT molecular complexity index is 391. The second-order valence-electron chi connectivity index (χ2n) is 4.80. The highest BCUT2D eigenvalue weighted by molar-refractivity contribution is 8.00. The highest BCUT2D eigenvalue weighted by Gasteiger charge is 2.27. The maximum atomic E-state index is 12.1. The van der Waals surface area contributed by atoms with Crippen LogP contribution < -0.4 is 5.32 Å². The van der Waals surface area contributed by atoms with E-state index in [4.69, 9.17) is 5.11 Å². The molecule has 1 unspecified atom stereocenters. The van der Waals surface area contributed by atoms with E-state index >= 15 is 0 Å². The third-order valence-electron chi connectivity index (χ3n) is 3.34. The van der Waals surface area contributed by atoms with Crippen molar-refractivity contribution in [3.8, 4) is 0 Å². The van der Waals surface area contributed by atoms with Crippen LogP contribution in [-0.2, 0) is 14.3 Å². The van der Waals surface area contributed by atoms with E-state index in [2.05, 4.69) is 17.0 Å². The number of esters is 1. The number of urea groups is 1. The number of nitrogens with zero attached hydrogens (tertiary/aromatic N) is 1. The van der Waals surface area contributed by atoms with E-state index in [1.165, 1.54) is 7.11 Å². The molecule has 0 spiro atoms. The molecule has 0 radical (unpaired) electrons. The largest absolute Gasteiger partial charge is 0.480 e. The van der Waals surface area contributed by atoms with E-state index in [9.17, 15) is 14.4 Å². The molecular weight excluding hydrogens is 296 g/mol. The van der Waals surface area contributed by atoms with Crippen LogP contribution >= 0.6 is 11.8 Å². The van der Waals surface area contributed by atoms with Gasteiger partial charge < -0.3 is 20.1 Å². The molecule has 1 rings (SSSR count). The molecule has 1 aliphatic rings. The van der Waals surface area contributed by atoms with Gasteiger partial charge in [0.05, 0.1) is 7.11 Å². The van der Waals surface area contributed by atoms with E-state index in [0.717, 1.165) is 12.2 Å². The summed E-state index contributed by atoms with van der Waals surface area (Å²) in [5, 5.41) is 12.0. The Balaban J connectivity index is 2.51. The Morgan fingerprint density at radius 1 is 1.48 bits per heavy atom. The number of carboxylic acids is 1. The second kappa shape index (κ2) is 8.76. The SMILES string of the molecule is CCC1CN(C(=O)N[C@@H](CCC(=O)OC)C(=O)O)CCS1. The van der Waals surface area contributed by atoms with Crippen molar-refractivity contribution < 1.29 is 24.2 Å². The van der Waals surface area contributed by atoms with Crippen LogP contribution in [-0.4, -0.2) is 65.2 Å². The Hall–Kier alpha value is -1.44. The summed E-state index contributed by atoms with van der Waals surface area (Å²) in [4.78, 5) is 36.0. The van der Waals surface area contributed by atoms with Crippen molar-refractivity contribution in [1.82, 2.24) is 10.2 Å². The number of hydrogen-bond donors (Lipinski definition) is 2. The Labute approximate surface area is 128 Å². The number of nitrogens with one attached hydrogen (secondary N) is 1. The third kappa shape index (κ3) is 5.82. The number of carbonyl (C=O) groups is 3. The number of thioether (sulfide) groups is 1. The van der Waals surface area contributed by atoms with Gasteiger partial charge in [0.1, 0.15) is 6.04 Å². The van der Waals surface area contributed by atoms with E-state index in [0.29, 0.717) is 18.3 Å². The van der Waals surface area contributed by atoms with Gasteiger partial charge in [-0.3, -0.25) is 4.79 Å². The van der Waals surface area contributed by atoms with Crippen LogP contribution in [0.5, 0.6) is 0 Å². The molecule has 0 aromatic carbocycles. The topological polar surface area (TPSA) is 95.9 Å². The smallest absolute Gasteiger partial charge is 0.326 e. The molecule has 0 aromatic heterocycles. The van der Waals surface area contributed by atoms with Crippen molar-refractivity contribution in [3.63, 3.8) is 0 Å². The lowest BCUT2D eigenvalue weighted by molar-refractivity contribution is -0.142. The predicted octanol–water partition coefficient (Wildman–Crippen LogP) is 0.930. The maximum Gasteiger partial charge on any atom is 0.326 e. The zero-order chi connectivity index (χ0) is 15.8. The summed E-state index contributed by atoms with van der Waals surface area (Å²) in [6.07, 6.45) is 0.952. The highest BCUT2D eigenvalue weighted by Crippen LogP contribution is 2.21. The fraction of sp³-hybridized carbons (Fsp3) is 0.769. The molecule has 0 aliphatic carbocycles. The fourth-order valence-corrected chi connectivity index (χ4v) is 3.19. The monoisotopic (exact) mass is 318 g/mol. The number of amides is 2. The van der Waals surface area contributed by atoms with Gasteiger partial charge >= 0.3 is 18.0 Å². The minimum atomic E-state index is -1.15. The summed E-state index contributed by atoms with van der Waals surface area (Å²) >= 11 is 1.83. The molecule has 120 valence electrons. The maximum absolute atomic E-state index is 12.1. The van der Waals surface area contributed by atoms with Crippen molar-refractivity contribution in [3.05, 3.63) is 0 Å². The Morgan fingerprint density at radius 3 is 2.76 bits per heavy atom. The van der Waals surface area contributed by atoms with Gasteiger partial charge in [-0.1, -0.05) is 6.92 Å². The standard InChI is InChI=1S/C13H22N2O5S/c1-3-9-8-15(6-7-21-9)13(19)14-10(12(17)18)4-5-11(16)20-2/h9-10H,3-8H2,1-2H3,(H,14,19)(H,17,18)/t9?,10-/m0/s1. The summed E-state index contributed by atoms with van der Waals surface area (Å²) in [7, 11) is 1.24. The summed E-state index contributed by atoms with van der Waals surface area (Å²) in [5.41, 5.74) is 0. The summed E-state index contributed by atoms with van der Waals surface area (Å²) in [6.45, 7) is 3.29. The normalized spacial score (nSPS) is 19.7. The van der Waals surface area contributed by atoms with Crippen LogP contribution in [0.2, 0.25) is 0 Å². The van der Waals surface area contributed by atoms with Crippen LogP contribution in [0.4, 0.5) is 4.79 Å². The van der Waals surface area contributed by atoms with E-state index in [-0.39, 0.29) is 18.9 Å². The molecule has 21 heavy (non-hydrogen) atoms. The lowest BCUT2D eigenvalue weighted by Crippen LogP contribution is -2.51. The number of carbonyl (C=O) groups excluding carboxylic acids is 2. The zero-order valence-corrected chi connectivity index (χ0v) is 13.1. The van der Waals surface area contributed by atoms with Gasteiger partial charge in [-0.2, -0.15) is 11.8 Å². The second-order valence-corrected chi connectivity index (χ2v) is 6.21. The fourth-order valence-electron chi connectivity index (χ4n) is 2.01. The first-order valence-electron chi connectivity index (χ1n) is 6.94. The lowest BCUT2D eigenvalue weighted by Gasteiger charge is -2.32. The molecule has 2 N–H and O–H groups in total. The van der Waals surface area contributed by atoms with Gasteiger partial charge in [-0.05, 0) is 12.8 Å². The average molecular weight is 318 g/mol. The average Bonchev–Trinajstić information content (AvgIpc) is 2.50. The van der Waals surface area contributed by atoms with Crippen LogP contribution in [0.3, 0.4) is 0 Å². The molecule has 1 saturated heterocycles. The van der Waals surface area contributed by atoms with E-state index in [1.807, 2.05) is 11.8 Å². The first kappa shape index (κ1) is 17.6. The molecule has 7 nitrogen and oxygen atoms in total. The molecule has 2 atom stereocenters. The van der Waals surface area contributed by atoms with Gasteiger partial charge in [0.15, 0.2) is 0 Å². The lowest BCUT2D eigenvalue weighted by atomic mass is 10.1. The van der Waals surface area contributed by atoms with Crippen molar-refractivity contribution >= 4 is 29.7 Å². The quantitative estimate of drug-likeness (QED) is 0.707. The van der Waals surface area contributed by atoms with Crippen LogP contribution in [0, 0.1) is 0 Å². The van der Waals surface area contributed by atoms with Crippen molar-refractivity contribution in [1.29, 1.82) is 0 Å². The van der Waals surface area contributed by atoms with Crippen LogP contribution in [0.25, 0.3) is 0 Å². The number of ether oxygens (including phenoxy) is 1.